The average Bonchev–Trinajstić information content (AvgIpc) is 2.72. The number of rotatable bonds is 2. The van der Waals surface area contributed by atoms with Gasteiger partial charge in [0.2, 0.25) is 5.60 Å². The second-order valence-corrected chi connectivity index (χ2v) is 4.20. The van der Waals surface area contributed by atoms with Crippen LogP contribution in [0.25, 0.3) is 0 Å². The zero-order valence-electron chi connectivity index (χ0n) is 8.24. The van der Waals surface area contributed by atoms with E-state index in [1.54, 1.807) is 6.26 Å². The normalized spacial score (nSPS) is 32.9. The van der Waals surface area contributed by atoms with Crippen LogP contribution in [0.1, 0.15) is 38.5 Å². The van der Waals surface area contributed by atoms with Crippen molar-refractivity contribution in [3.05, 3.63) is 12.3 Å². The second-order valence-electron chi connectivity index (χ2n) is 4.20. The zero-order valence-corrected chi connectivity index (χ0v) is 8.24. The number of hydrogen-bond donors (Lipinski definition) is 1. The van der Waals surface area contributed by atoms with E-state index in [0.717, 1.165) is 32.1 Å². The monoisotopic (exact) mass is 196 g/mol. The molecule has 0 saturated heterocycles. The third kappa shape index (κ3) is 1.41. The number of carbonyl (C=O) groups is 1. The van der Waals surface area contributed by atoms with E-state index in [0.29, 0.717) is 6.42 Å². The number of hydrogen-bond acceptors (Lipinski definition) is 2. The van der Waals surface area contributed by atoms with Gasteiger partial charge >= 0.3 is 5.97 Å². The van der Waals surface area contributed by atoms with Crippen LogP contribution >= 0.6 is 0 Å². The quantitative estimate of drug-likeness (QED) is 0.737. The summed E-state index contributed by atoms with van der Waals surface area (Å²) in [6.45, 7) is 0. The molecular formula is C11H16O3. The molecule has 14 heavy (non-hydrogen) atoms. The molecule has 1 atom stereocenters. The van der Waals surface area contributed by atoms with Crippen molar-refractivity contribution in [3.8, 4) is 0 Å². The van der Waals surface area contributed by atoms with Crippen molar-refractivity contribution in [1.82, 2.24) is 0 Å². The lowest BCUT2D eigenvalue weighted by molar-refractivity contribution is -0.168. The van der Waals surface area contributed by atoms with E-state index in [-0.39, 0.29) is 5.92 Å². The Hall–Kier alpha value is -0.990. The molecular weight excluding hydrogens is 180 g/mol. The van der Waals surface area contributed by atoms with Crippen LogP contribution in [0.5, 0.6) is 0 Å². The van der Waals surface area contributed by atoms with E-state index < -0.39 is 11.6 Å². The molecule has 0 aromatic heterocycles. The summed E-state index contributed by atoms with van der Waals surface area (Å²) in [6, 6.07) is 0. The highest BCUT2D eigenvalue weighted by atomic mass is 16.5. The Balaban J connectivity index is 2.20. The minimum absolute atomic E-state index is 0.213. The molecule has 78 valence electrons. The van der Waals surface area contributed by atoms with Gasteiger partial charge in [0.1, 0.15) is 0 Å². The van der Waals surface area contributed by atoms with E-state index in [4.69, 9.17) is 4.74 Å². The van der Waals surface area contributed by atoms with E-state index in [9.17, 15) is 9.90 Å². The Morgan fingerprint density at radius 1 is 1.43 bits per heavy atom. The molecule has 0 amide bonds. The van der Waals surface area contributed by atoms with Gasteiger partial charge in [-0.3, -0.25) is 0 Å². The molecule has 1 saturated carbocycles. The molecule has 0 aromatic rings. The van der Waals surface area contributed by atoms with Gasteiger partial charge in [0.15, 0.2) is 0 Å². The van der Waals surface area contributed by atoms with E-state index in [2.05, 4.69) is 0 Å². The summed E-state index contributed by atoms with van der Waals surface area (Å²) in [5, 5.41) is 9.29. The number of carboxylic acids is 1. The van der Waals surface area contributed by atoms with Crippen LogP contribution in [0.15, 0.2) is 12.3 Å². The number of aliphatic carboxylic acids is 1. The predicted octanol–water partition coefficient (Wildman–Crippen LogP) is 2.32. The molecule has 2 aliphatic rings. The van der Waals surface area contributed by atoms with Crippen LogP contribution in [0.2, 0.25) is 0 Å². The Labute approximate surface area is 83.8 Å². The molecule has 1 N–H and O–H groups in total. The summed E-state index contributed by atoms with van der Waals surface area (Å²) >= 11 is 0. The highest BCUT2D eigenvalue weighted by molar-refractivity contribution is 5.78. The lowest BCUT2D eigenvalue weighted by Crippen LogP contribution is -2.47. The van der Waals surface area contributed by atoms with E-state index >= 15 is 0 Å². The lowest BCUT2D eigenvalue weighted by atomic mass is 9.81. The molecule has 0 bridgehead atoms. The van der Waals surface area contributed by atoms with Gasteiger partial charge in [0, 0.05) is 12.3 Å². The summed E-state index contributed by atoms with van der Waals surface area (Å²) in [4.78, 5) is 11.3. The van der Waals surface area contributed by atoms with Gasteiger partial charge in [0.25, 0.3) is 0 Å². The molecule has 1 aliphatic carbocycles. The standard InChI is InChI=1S/C11H16O3/c12-10(13)11(7-3-4-8-14-11)9-5-1-2-6-9/h4,8-9H,1-3,5-7H2,(H,12,13). The number of carboxylic acid groups (broad SMARTS) is 1. The molecule has 0 radical (unpaired) electrons. The zero-order chi connectivity index (χ0) is 10.0. The highest BCUT2D eigenvalue weighted by Gasteiger charge is 2.48. The largest absolute Gasteiger partial charge is 0.483 e. The smallest absolute Gasteiger partial charge is 0.348 e. The second kappa shape index (κ2) is 3.64. The van der Waals surface area contributed by atoms with Crippen LogP contribution < -0.4 is 0 Å². The summed E-state index contributed by atoms with van der Waals surface area (Å²) in [6.07, 6.45) is 9.21. The SMILES string of the molecule is O=C(O)C1(C2CCCC2)CCC=CO1. The predicted molar refractivity (Wildman–Crippen MR) is 51.8 cm³/mol. The Morgan fingerprint density at radius 2 is 2.14 bits per heavy atom. The van der Waals surface area contributed by atoms with Crippen LogP contribution in [-0.2, 0) is 9.53 Å². The Kier molecular flexibility index (Phi) is 2.48. The summed E-state index contributed by atoms with van der Waals surface area (Å²) < 4.78 is 5.43. The first-order chi connectivity index (χ1) is 6.76. The summed E-state index contributed by atoms with van der Waals surface area (Å²) in [5.41, 5.74) is -0.911. The third-order valence-corrected chi connectivity index (χ3v) is 3.43. The van der Waals surface area contributed by atoms with Gasteiger partial charge in [-0.05, 0) is 25.3 Å². The van der Waals surface area contributed by atoms with Crippen LogP contribution in [0.3, 0.4) is 0 Å². The molecule has 0 aromatic carbocycles. The fourth-order valence-corrected chi connectivity index (χ4v) is 2.62. The van der Waals surface area contributed by atoms with Gasteiger partial charge in [-0.2, -0.15) is 0 Å². The Morgan fingerprint density at radius 3 is 2.64 bits per heavy atom. The van der Waals surface area contributed by atoms with Crippen molar-refractivity contribution < 1.29 is 14.6 Å². The lowest BCUT2D eigenvalue weighted by Gasteiger charge is -2.36. The third-order valence-electron chi connectivity index (χ3n) is 3.43. The maximum Gasteiger partial charge on any atom is 0.348 e. The summed E-state index contributed by atoms with van der Waals surface area (Å²) in [5.74, 6) is -0.571. The van der Waals surface area contributed by atoms with Crippen molar-refractivity contribution in [2.75, 3.05) is 0 Å². The minimum atomic E-state index is -0.911. The van der Waals surface area contributed by atoms with E-state index in [1.807, 2.05) is 6.08 Å². The first-order valence-electron chi connectivity index (χ1n) is 5.32. The van der Waals surface area contributed by atoms with Gasteiger partial charge in [-0.15, -0.1) is 0 Å². The fraction of sp³-hybridized carbons (Fsp3) is 0.727. The number of ether oxygens (including phenoxy) is 1. The van der Waals surface area contributed by atoms with Gasteiger partial charge in [0.05, 0.1) is 6.26 Å². The van der Waals surface area contributed by atoms with Crippen molar-refractivity contribution in [1.29, 1.82) is 0 Å². The van der Waals surface area contributed by atoms with Gasteiger partial charge in [-0.1, -0.05) is 12.8 Å². The maximum atomic E-state index is 11.3. The molecule has 3 nitrogen and oxygen atoms in total. The fourth-order valence-electron chi connectivity index (χ4n) is 2.62. The van der Waals surface area contributed by atoms with Crippen LogP contribution in [0.4, 0.5) is 0 Å². The molecule has 1 fully saturated rings. The van der Waals surface area contributed by atoms with E-state index in [1.165, 1.54) is 0 Å². The van der Waals surface area contributed by atoms with Crippen LogP contribution in [-0.4, -0.2) is 16.7 Å². The van der Waals surface area contributed by atoms with Crippen molar-refractivity contribution in [3.63, 3.8) is 0 Å². The molecule has 1 heterocycles. The number of allylic oxidation sites excluding steroid dienone is 1. The van der Waals surface area contributed by atoms with Crippen molar-refractivity contribution in [2.45, 2.75) is 44.1 Å². The van der Waals surface area contributed by atoms with Gasteiger partial charge in [-0.25, -0.2) is 4.79 Å². The van der Waals surface area contributed by atoms with Crippen LogP contribution in [0, 0.1) is 5.92 Å². The molecule has 1 aliphatic heterocycles. The van der Waals surface area contributed by atoms with Gasteiger partial charge < -0.3 is 9.84 Å². The average molecular weight is 196 g/mol. The Bertz CT molecular complexity index is 253. The minimum Gasteiger partial charge on any atom is -0.483 e. The molecule has 0 spiro atoms. The first-order valence-corrected chi connectivity index (χ1v) is 5.32. The highest BCUT2D eigenvalue weighted by Crippen LogP contribution is 2.41. The first kappa shape index (κ1) is 9.56. The van der Waals surface area contributed by atoms with Crippen molar-refractivity contribution in [2.24, 2.45) is 5.92 Å². The molecule has 3 heteroatoms. The molecule has 2 rings (SSSR count). The maximum absolute atomic E-state index is 11.3. The topological polar surface area (TPSA) is 46.5 Å². The molecule has 1 unspecified atom stereocenters. The van der Waals surface area contributed by atoms with Crippen molar-refractivity contribution >= 4 is 5.97 Å². The summed E-state index contributed by atoms with van der Waals surface area (Å²) in [7, 11) is 0.